The van der Waals surface area contributed by atoms with Gasteiger partial charge in [-0.1, -0.05) is 26.7 Å². The van der Waals surface area contributed by atoms with E-state index in [9.17, 15) is 5.11 Å². The molecule has 1 saturated heterocycles. The van der Waals surface area contributed by atoms with Crippen molar-refractivity contribution in [2.45, 2.75) is 45.6 Å². The van der Waals surface area contributed by atoms with Gasteiger partial charge in [0.05, 0.1) is 12.6 Å². The van der Waals surface area contributed by atoms with Gasteiger partial charge in [-0.15, -0.1) is 0 Å². The number of benzene rings is 1. The summed E-state index contributed by atoms with van der Waals surface area (Å²) in [7, 11) is 1.54. The lowest BCUT2D eigenvalue weighted by atomic mass is 10.1. The summed E-state index contributed by atoms with van der Waals surface area (Å²) in [5, 5.41) is 11.1. The Labute approximate surface area is 166 Å². The van der Waals surface area contributed by atoms with Crippen molar-refractivity contribution >= 4 is 28.3 Å². The van der Waals surface area contributed by atoms with Crippen LogP contribution in [-0.4, -0.2) is 59.3 Å². The Morgan fingerprint density at radius 2 is 1.74 bits per heavy atom. The lowest BCUT2D eigenvalue weighted by Crippen LogP contribution is -2.50. The third kappa shape index (κ3) is 4.22. The summed E-state index contributed by atoms with van der Waals surface area (Å²) < 4.78 is 5.24. The number of ether oxygens (including phenoxy) is 1. The number of aromatic hydroxyl groups is 1. The number of fused-ring (bicyclic) bond motifs is 1. The number of phenolic OH excluding ortho intramolecular Hbond substituents is 1. The lowest BCUT2D eigenvalue weighted by molar-refractivity contribution is 0.187. The van der Waals surface area contributed by atoms with Gasteiger partial charge in [-0.2, -0.15) is 4.98 Å². The van der Waals surface area contributed by atoms with Crippen molar-refractivity contribution in [3.8, 4) is 11.5 Å². The predicted molar refractivity (Wildman–Crippen MR) is 110 cm³/mol. The topological polar surface area (TPSA) is 61.7 Å². The molecular weight excluding hydrogens is 364 g/mol. The summed E-state index contributed by atoms with van der Waals surface area (Å²) >= 11 is 6.13. The number of methoxy groups -OCH3 is 1. The minimum atomic E-state index is 0.0572. The molecule has 27 heavy (non-hydrogen) atoms. The molecule has 0 unspecified atom stereocenters. The molecule has 2 aliphatic rings. The molecule has 2 aromatic rings. The average Bonchev–Trinajstić information content (AvgIpc) is 3.23. The van der Waals surface area contributed by atoms with E-state index >= 15 is 0 Å². The van der Waals surface area contributed by atoms with Gasteiger partial charge in [-0.25, -0.2) is 4.98 Å². The van der Waals surface area contributed by atoms with Gasteiger partial charge < -0.3 is 14.7 Å². The molecule has 0 bridgehead atoms. The van der Waals surface area contributed by atoms with E-state index in [4.69, 9.17) is 16.3 Å². The smallest absolute Gasteiger partial charge is 0.224 e. The maximum Gasteiger partial charge on any atom is 0.224 e. The van der Waals surface area contributed by atoms with Gasteiger partial charge in [0, 0.05) is 43.7 Å². The zero-order chi connectivity index (χ0) is 19.4. The van der Waals surface area contributed by atoms with E-state index < -0.39 is 0 Å². The van der Waals surface area contributed by atoms with E-state index in [2.05, 4.69) is 19.8 Å². The first-order valence-electron chi connectivity index (χ1n) is 9.89. The number of aromatic nitrogens is 2. The van der Waals surface area contributed by atoms with Crippen LogP contribution in [0.3, 0.4) is 0 Å². The van der Waals surface area contributed by atoms with Crippen molar-refractivity contribution in [1.82, 2.24) is 14.9 Å². The van der Waals surface area contributed by atoms with Crippen LogP contribution >= 0.6 is 11.6 Å². The molecule has 7 heteroatoms. The Morgan fingerprint density at radius 3 is 2.37 bits per heavy atom. The largest absolute Gasteiger partial charge is 0.504 e. The third-order valence-corrected chi connectivity index (χ3v) is 5.57. The van der Waals surface area contributed by atoms with E-state index in [0.717, 1.165) is 43.4 Å². The van der Waals surface area contributed by atoms with Crippen LogP contribution in [0.25, 0.3) is 10.9 Å². The zero-order valence-corrected chi connectivity index (χ0v) is 17.2. The molecule has 4 rings (SSSR count). The quantitative estimate of drug-likeness (QED) is 0.794. The molecule has 1 aliphatic carbocycles. The fourth-order valence-corrected chi connectivity index (χ4v) is 4.24. The van der Waals surface area contributed by atoms with E-state index in [1.165, 1.54) is 32.8 Å². The van der Waals surface area contributed by atoms with Crippen LogP contribution < -0.4 is 9.64 Å². The second kappa shape index (κ2) is 8.93. The maximum absolute atomic E-state index is 10.0. The SMILES string of the molecule is CC.COc1cc2c(N3CCN(C4CCCC4)CC3)nc(Cl)nc2cc1O. The monoisotopic (exact) mass is 392 g/mol. The van der Waals surface area contributed by atoms with Crippen LogP contribution in [0.2, 0.25) is 5.28 Å². The molecule has 0 radical (unpaired) electrons. The number of phenols is 1. The molecule has 0 amide bonds. The highest BCUT2D eigenvalue weighted by molar-refractivity contribution is 6.28. The van der Waals surface area contributed by atoms with Crippen molar-refractivity contribution in [1.29, 1.82) is 0 Å². The minimum absolute atomic E-state index is 0.0572. The Kier molecular flexibility index (Phi) is 6.60. The van der Waals surface area contributed by atoms with E-state index in [0.29, 0.717) is 11.3 Å². The molecule has 1 aromatic heterocycles. The highest BCUT2D eigenvalue weighted by atomic mass is 35.5. The maximum atomic E-state index is 10.0. The fraction of sp³-hybridized carbons (Fsp3) is 0.600. The third-order valence-electron chi connectivity index (χ3n) is 5.40. The number of hydrogen-bond acceptors (Lipinski definition) is 6. The summed E-state index contributed by atoms with van der Waals surface area (Å²) in [4.78, 5) is 13.6. The molecule has 0 atom stereocenters. The van der Waals surface area contributed by atoms with Gasteiger partial charge >= 0.3 is 0 Å². The lowest BCUT2D eigenvalue weighted by Gasteiger charge is -2.38. The number of piperazine rings is 1. The Morgan fingerprint density at radius 1 is 1.07 bits per heavy atom. The first-order valence-corrected chi connectivity index (χ1v) is 10.3. The molecule has 1 saturated carbocycles. The first-order chi connectivity index (χ1) is 13.2. The normalized spacial score (nSPS) is 18.4. The number of hydrogen-bond donors (Lipinski definition) is 1. The van der Waals surface area contributed by atoms with Gasteiger partial charge in [0.1, 0.15) is 5.82 Å². The number of rotatable bonds is 3. The molecular formula is C20H29ClN4O2. The summed E-state index contributed by atoms with van der Waals surface area (Å²) in [6, 6.07) is 4.13. The number of nitrogens with zero attached hydrogens (tertiary/aromatic N) is 4. The Bertz CT molecular complexity index is 772. The van der Waals surface area contributed by atoms with Gasteiger partial charge in [-0.05, 0) is 30.5 Å². The van der Waals surface area contributed by atoms with Crippen molar-refractivity contribution in [3.63, 3.8) is 0 Å². The van der Waals surface area contributed by atoms with Crippen molar-refractivity contribution in [2.75, 3.05) is 38.2 Å². The second-order valence-electron chi connectivity index (χ2n) is 6.82. The van der Waals surface area contributed by atoms with Crippen LogP contribution in [0.1, 0.15) is 39.5 Å². The Balaban J connectivity index is 0.00000102. The molecule has 1 N–H and O–H groups in total. The van der Waals surface area contributed by atoms with Crippen molar-refractivity contribution in [2.24, 2.45) is 0 Å². The predicted octanol–water partition coefficient (Wildman–Crippen LogP) is 4.09. The van der Waals surface area contributed by atoms with Crippen LogP contribution in [0.15, 0.2) is 12.1 Å². The number of halogens is 1. The molecule has 1 aliphatic heterocycles. The zero-order valence-electron chi connectivity index (χ0n) is 16.4. The standard InChI is InChI=1S/C18H23ClN4O2.C2H6/c1-25-16-10-13-14(11-15(16)24)20-18(19)21-17(13)23-8-6-22(7-9-23)12-4-2-3-5-12;1-2/h10-12,24H,2-9H2,1H3;1-2H3. The van der Waals surface area contributed by atoms with Gasteiger partial charge in [0.2, 0.25) is 5.28 Å². The molecule has 0 spiro atoms. The molecule has 1 aromatic carbocycles. The average molecular weight is 393 g/mol. The molecule has 148 valence electrons. The first kappa shape index (κ1) is 20.0. The highest BCUT2D eigenvalue weighted by Crippen LogP contribution is 2.35. The van der Waals surface area contributed by atoms with Crippen LogP contribution in [0, 0.1) is 0 Å². The van der Waals surface area contributed by atoms with Crippen LogP contribution in [0.5, 0.6) is 11.5 Å². The summed E-state index contributed by atoms with van der Waals surface area (Å²) in [6.45, 7) is 7.93. The van der Waals surface area contributed by atoms with E-state index in [-0.39, 0.29) is 11.0 Å². The van der Waals surface area contributed by atoms with Gasteiger partial charge in [-0.3, -0.25) is 4.90 Å². The summed E-state index contributed by atoms with van der Waals surface area (Å²) in [5.74, 6) is 1.30. The number of anilines is 1. The van der Waals surface area contributed by atoms with E-state index in [1.54, 1.807) is 12.1 Å². The molecule has 2 fully saturated rings. The second-order valence-corrected chi connectivity index (χ2v) is 7.16. The minimum Gasteiger partial charge on any atom is -0.504 e. The Hall–Kier alpha value is -1.79. The van der Waals surface area contributed by atoms with E-state index in [1.807, 2.05) is 13.8 Å². The van der Waals surface area contributed by atoms with Crippen LogP contribution in [-0.2, 0) is 0 Å². The van der Waals surface area contributed by atoms with Crippen LogP contribution in [0.4, 0.5) is 5.82 Å². The van der Waals surface area contributed by atoms with Crippen molar-refractivity contribution < 1.29 is 9.84 Å². The molecule has 6 nitrogen and oxygen atoms in total. The van der Waals surface area contributed by atoms with Crippen molar-refractivity contribution in [3.05, 3.63) is 17.4 Å². The summed E-state index contributed by atoms with van der Waals surface area (Å²) in [5.41, 5.74) is 0.631. The van der Waals surface area contributed by atoms with Gasteiger partial charge in [0.15, 0.2) is 11.5 Å². The summed E-state index contributed by atoms with van der Waals surface area (Å²) in [6.07, 6.45) is 5.39. The van der Waals surface area contributed by atoms with Gasteiger partial charge in [0.25, 0.3) is 0 Å². The fourth-order valence-electron chi connectivity index (χ4n) is 4.07. The molecule has 2 heterocycles. The highest BCUT2D eigenvalue weighted by Gasteiger charge is 2.27.